The van der Waals surface area contributed by atoms with Gasteiger partial charge in [-0.15, -0.1) is 0 Å². The van der Waals surface area contributed by atoms with Gasteiger partial charge >= 0.3 is 0 Å². The molecule has 2 aliphatic rings. The van der Waals surface area contributed by atoms with Gasteiger partial charge in [0, 0.05) is 30.7 Å². The van der Waals surface area contributed by atoms with Gasteiger partial charge in [0.2, 0.25) is 5.91 Å². The zero-order valence-electron chi connectivity index (χ0n) is 11.8. The molecule has 1 aliphatic heterocycles. The zero-order valence-corrected chi connectivity index (χ0v) is 11.8. The summed E-state index contributed by atoms with van der Waals surface area (Å²) in [7, 11) is 0. The lowest BCUT2D eigenvalue weighted by Gasteiger charge is -2.41. The van der Waals surface area contributed by atoms with E-state index in [1.807, 2.05) is 13.0 Å². The molecular weight excluding hydrogens is 240 g/mol. The molecular formula is C15H20N2O2. The van der Waals surface area contributed by atoms with Gasteiger partial charge in [-0.1, -0.05) is 20.8 Å². The van der Waals surface area contributed by atoms with E-state index in [9.17, 15) is 9.59 Å². The van der Waals surface area contributed by atoms with Crippen LogP contribution in [0.2, 0.25) is 0 Å². The van der Waals surface area contributed by atoms with Crippen LogP contribution in [0.4, 0.5) is 0 Å². The number of amides is 1. The van der Waals surface area contributed by atoms with Crippen LogP contribution >= 0.6 is 0 Å². The standard InChI is InChI=1S/C15H20N2O2/c1-4-5-17-12-7-15(2,3)8-13(18)11(12)6-10(9-16)14(17)19/h10H,4-8H2,1-3H3. The lowest BCUT2D eigenvalue weighted by Crippen LogP contribution is -2.45. The largest absolute Gasteiger partial charge is 0.315 e. The fraction of sp³-hybridized carbons (Fsp3) is 0.667. The van der Waals surface area contributed by atoms with Crippen molar-refractivity contribution < 1.29 is 9.59 Å². The van der Waals surface area contributed by atoms with Crippen LogP contribution in [0, 0.1) is 22.7 Å². The molecule has 0 saturated heterocycles. The molecule has 0 aromatic carbocycles. The molecule has 0 aromatic heterocycles. The maximum Gasteiger partial charge on any atom is 0.244 e. The molecule has 1 amide bonds. The van der Waals surface area contributed by atoms with E-state index in [4.69, 9.17) is 5.26 Å². The monoisotopic (exact) mass is 260 g/mol. The maximum atomic E-state index is 12.3. The Bertz CT molecular complexity index is 497. The minimum Gasteiger partial charge on any atom is -0.315 e. The molecule has 0 spiro atoms. The second kappa shape index (κ2) is 4.80. The van der Waals surface area contributed by atoms with Gasteiger partial charge in [-0.05, 0) is 18.3 Å². The highest BCUT2D eigenvalue weighted by atomic mass is 16.2. The van der Waals surface area contributed by atoms with Crippen molar-refractivity contribution in [3.8, 4) is 6.07 Å². The number of carbonyl (C=O) groups excluding carboxylic acids is 2. The van der Waals surface area contributed by atoms with Crippen LogP contribution in [0.15, 0.2) is 11.3 Å². The first-order valence-corrected chi connectivity index (χ1v) is 6.86. The van der Waals surface area contributed by atoms with Gasteiger partial charge in [0.1, 0.15) is 5.92 Å². The van der Waals surface area contributed by atoms with Crippen molar-refractivity contribution in [3.63, 3.8) is 0 Å². The van der Waals surface area contributed by atoms with E-state index < -0.39 is 5.92 Å². The van der Waals surface area contributed by atoms with Gasteiger partial charge in [-0.2, -0.15) is 5.26 Å². The third-order valence-electron chi connectivity index (χ3n) is 3.87. The van der Waals surface area contributed by atoms with Crippen molar-refractivity contribution >= 4 is 11.7 Å². The van der Waals surface area contributed by atoms with Gasteiger partial charge in [-0.25, -0.2) is 0 Å². The Kier molecular flexibility index (Phi) is 3.49. The Morgan fingerprint density at radius 3 is 2.63 bits per heavy atom. The number of nitrogens with zero attached hydrogens (tertiary/aromatic N) is 2. The molecule has 4 nitrogen and oxygen atoms in total. The number of carbonyl (C=O) groups is 2. The van der Waals surface area contributed by atoms with Crippen LogP contribution in [-0.4, -0.2) is 23.1 Å². The Morgan fingerprint density at radius 1 is 1.37 bits per heavy atom. The molecule has 1 atom stereocenters. The van der Waals surface area contributed by atoms with Crippen LogP contribution in [0.3, 0.4) is 0 Å². The topological polar surface area (TPSA) is 61.2 Å². The molecule has 2 rings (SSSR count). The molecule has 19 heavy (non-hydrogen) atoms. The lowest BCUT2D eigenvalue weighted by atomic mass is 9.72. The molecule has 102 valence electrons. The van der Waals surface area contributed by atoms with Crippen LogP contribution in [-0.2, 0) is 9.59 Å². The third-order valence-corrected chi connectivity index (χ3v) is 3.87. The molecule has 0 bridgehead atoms. The van der Waals surface area contributed by atoms with E-state index in [0.717, 1.165) is 24.1 Å². The van der Waals surface area contributed by atoms with Crippen LogP contribution in [0.25, 0.3) is 0 Å². The smallest absolute Gasteiger partial charge is 0.244 e. The first-order chi connectivity index (χ1) is 8.89. The normalized spacial score (nSPS) is 26.2. The van der Waals surface area contributed by atoms with E-state index in [2.05, 4.69) is 13.8 Å². The maximum absolute atomic E-state index is 12.3. The predicted molar refractivity (Wildman–Crippen MR) is 70.8 cm³/mol. The number of hydrogen-bond acceptors (Lipinski definition) is 3. The van der Waals surface area contributed by atoms with Crippen molar-refractivity contribution in [2.45, 2.75) is 46.5 Å². The molecule has 4 heteroatoms. The van der Waals surface area contributed by atoms with Gasteiger partial charge in [0.05, 0.1) is 6.07 Å². The first-order valence-electron chi connectivity index (χ1n) is 6.86. The number of nitriles is 1. The summed E-state index contributed by atoms with van der Waals surface area (Å²) in [6.45, 7) is 6.71. The van der Waals surface area contributed by atoms with Gasteiger partial charge in [0.15, 0.2) is 5.78 Å². The van der Waals surface area contributed by atoms with Gasteiger partial charge in [0.25, 0.3) is 0 Å². The predicted octanol–water partition coefficient (Wildman–Crippen LogP) is 2.41. The molecule has 0 aromatic rings. The summed E-state index contributed by atoms with van der Waals surface area (Å²) in [5.74, 6) is -0.704. The fourth-order valence-corrected chi connectivity index (χ4v) is 3.00. The molecule has 0 fully saturated rings. The van der Waals surface area contributed by atoms with E-state index in [1.54, 1.807) is 4.90 Å². The summed E-state index contributed by atoms with van der Waals surface area (Å²) < 4.78 is 0. The average molecular weight is 260 g/mol. The number of hydrogen-bond donors (Lipinski definition) is 0. The van der Waals surface area contributed by atoms with Gasteiger partial charge in [-0.3, -0.25) is 9.59 Å². The summed E-state index contributed by atoms with van der Waals surface area (Å²) in [4.78, 5) is 26.2. The Morgan fingerprint density at radius 2 is 2.05 bits per heavy atom. The fourth-order valence-electron chi connectivity index (χ4n) is 3.00. The minimum absolute atomic E-state index is 0.0956. The summed E-state index contributed by atoms with van der Waals surface area (Å²) in [5, 5.41) is 9.10. The first kappa shape index (κ1) is 13.8. The number of ketones is 1. The van der Waals surface area contributed by atoms with Crippen molar-refractivity contribution in [3.05, 3.63) is 11.3 Å². The SMILES string of the molecule is CCCN1C(=O)C(C#N)CC2=C1CC(C)(C)CC2=O. The Labute approximate surface area is 114 Å². The molecule has 1 unspecified atom stereocenters. The van der Waals surface area contributed by atoms with Crippen LogP contribution < -0.4 is 0 Å². The third kappa shape index (κ3) is 2.42. The van der Waals surface area contributed by atoms with E-state index in [1.165, 1.54) is 0 Å². The summed E-state index contributed by atoms with van der Waals surface area (Å²) in [6.07, 6.45) is 2.39. The van der Waals surface area contributed by atoms with E-state index in [0.29, 0.717) is 19.4 Å². The molecule has 0 radical (unpaired) electrons. The zero-order chi connectivity index (χ0) is 14.2. The highest BCUT2D eigenvalue weighted by Gasteiger charge is 2.42. The van der Waals surface area contributed by atoms with E-state index in [-0.39, 0.29) is 17.1 Å². The van der Waals surface area contributed by atoms with Crippen molar-refractivity contribution in [1.82, 2.24) is 4.90 Å². The van der Waals surface area contributed by atoms with Gasteiger partial charge < -0.3 is 4.90 Å². The molecule has 0 saturated carbocycles. The average Bonchev–Trinajstić information content (AvgIpc) is 2.32. The lowest BCUT2D eigenvalue weighted by molar-refractivity contribution is -0.134. The minimum atomic E-state index is -0.685. The molecule has 0 N–H and O–H groups in total. The summed E-state index contributed by atoms with van der Waals surface area (Å²) in [6, 6.07) is 2.04. The van der Waals surface area contributed by atoms with Crippen molar-refractivity contribution in [2.24, 2.45) is 11.3 Å². The molecule has 1 aliphatic carbocycles. The van der Waals surface area contributed by atoms with Crippen molar-refractivity contribution in [1.29, 1.82) is 5.26 Å². The summed E-state index contributed by atoms with van der Waals surface area (Å²) >= 11 is 0. The second-order valence-electron chi connectivity index (χ2n) is 6.24. The number of rotatable bonds is 2. The Balaban J connectivity index is 2.46. The molecule has 1 heterocycles. The highest BCUT2D eigenvalue weighted by molar-refractivity contribution is 6.01. The Hall–Kier alpha value is -1.63. The second-order valence-corrected chi connectivity index (χ2v) is 6.24. The van der Waals surface area contributed by atoms with Crippen LogP contribution in [0.5, 0.6) is 0 Å². The number of Topliss-reactive ketones (excluding diaryl/α,β-unsaturated/α-hetero) is 1. The highest BCUT2D eigenvalue weighted by Crippen LogP contribution is 2.42. The quantitative estimate of drug-likeness (QED) is 0.766. The summed E-state index contributed by atoms with van der Waals surface area (Å²) in [5.41, 5.74) is 1.50. The van der Waals surface area contributed by atoms with Crippen LogP contribution in [0.1, 0.15) is 46.5 Å². The number of allylic oxidation sites excluding steroid dienone is 2. The van der Waals surface area contributed by atoms with E-state index >= 15 is 0 Å². The van der Waals surface area contributed by atoms with Crippen molar-refractivity contribution in [2.75, 3.05) is 6.54 Å².